The van der Waals surface area contributed by atoms with Gasteiger partial charge in [-0.1, -0.05) is 6.92 Å². The van der Waals surface area contributed by atoms with E-state index in [4.69, 9.17) is 0 Å². The third kappa shape index (κ3) is 10.5. The molecule has 1 atom stereocenters. The second kappa shape index (κ2) is 7.52. The lowest BCUT2D eigenvalue weighted by Crippen LogP contribution is -2.27. The summed E-state index contributed by atoms with van der Waals surface area (Å²) in [5, 5.41) is 0. The van der Waals surface area contributed by atoms with Crippen molar-refractivity contribution in [2.24, 2.45) is 5.92 Å². The first-order valence-electron chi connectivity index (χ1n) is 5.32. The molecule has 0 saturated carbocycles. The normalized spacial score (nSPS) is 14.5. The van der Waals surface area contributed by atoms with E-state index in [-0.39, 0.29) is 5.75 Å². The molecule has 15 heavy (non-hydrogen) atoms. The van der Waals surface area contributed by atoms with Crippen LogP contribution in [0.3, 0.4) is 0 Å². The third-order valence-corrected chi connectivity index (χ3v) is 3.65. The molecular formula is C10H23NO2S2. The van der Waals surface area contributed by atoms with E-state index in [1.807, 2.05) is 7.05 Å². The summed E-state index contributed by atoms with van der Waals surface area (Å²) in [4.78, 5) is 2.08. The van der Waals surface area contributed by atoms with Gasteiger partial charge in [0, 0.05) is 12.8 Å². The summed E-state index contributed by atoms with van der Waals surface area (Å²) in [5.41, 5.74) is 0. The van der Waals surface area contributed by atoms with Crippen molar-refractivity contribution in [2.45, 2.75) is 19.8 Å². The minimum Gasteiger partial charge on any atom is -0.305 e. The maximum absolute atomic E-state index is 10.9. The summed E-state index contributed by atoms with van der Waals surface area (Å²) in [5.74, 6) is 1.85. The van der Waals surface area contributed by atoms with Crippen LogP contribution in [0.1, 0.15) is 19.8 Å². The average molecular weight is 253 g/mol. The first-order valence-corrected chi connectivity index (χ1v) is 8.01. The Morgan fingerprint density at radius 3 is 2.33 bits per heavy atom. The highest BCUT2D eigenvalue weighted by molar-refractivity contribution is 7.90. The first-order chi connectivity index (χ1) is 6.85. The fraction of sp³-hybridized carbons (Fsp3) is 1.00. The predicted molar refractivity (Wildman–Crippen MR) is 69.5 cm³/mol. The van der Waals surface area contributed by atoms with E-state index >= 15 is 0 Å². The monoisotopic (exact) mass is 253 g/mol. The van der Waals surface area contributed by atoms with Crippen LogP contribution in [0, 0.1) is 5.92 Å². The van der Waals surface area contributed by atoms with Crippen molar-refractivity contribution < 1.29 is 8.42 Å². The van der Waals surface area contributed by atoms with Crippen LogP contribution < -0.4 is 0 Å². The quantitative estimate of drug-likeness (QED) is 0.663. The number of thiol groups is 1. The molecule has 0 radical (unpaired) electrons. The second-order valence-corrected chi connectivity index (χ2v) is 7.05. The fourth-order valence-electron chi connectivity index (χ4n) is 1.24. The van der Waals surface area contributed by atoms with Crippen LogP contribution in [-0.2, 0) is 9.84 Å². The topological polar surface area (TPSA) is 37.4 Å². The van der Waals surface area contributed by atoms with Crippen LogP contribution in [-0.4, -0.2) is 51.2 Å². The molecule has 0 fully saturated rings. The van der Waals surface area contributed by atoms with E-state index in [1.165, 1.54) is 6.26 Å². The van der Waals surface area contributed by atoms with E-state index in [2.05, 4.69) is 24.5 Å². The van der Waals surface area contributed by atoms with Crippen LogP contribution in [0.15, 0.2) is 0 Å². The van der Waals surface area contributed by atoms with Crippen molar-refractivity contribution in [3.05, 3.63) is 0 Å². The number of nitrogens with zero attached hydrogens (tertiary/aromatic N) is 1. The van der Waals surface area contributed by atoms with Crippen LogP contribution in [0.4, 0.5) is 0 Å². The number of hydrogen-bond donors (Lipinski definition) is 1. The van der Waals surface area contributed by atoms with Gasteiger partial charge in [-0.15, -0.1) is 0 Å². The van der Waals surface area contributed by atoms with Crippen molar-refractivity contribution in [1.29, 1.82) is 0 Å². The molecule has 0 aromatic carbocycles. The fourth-order valence-corrected chi connectivity index (χ4v) is 2.32. The van der Waals surface area contributed by atoms with Crippen LogP contribution in [0.5, 0.6) is 0 Å². The molecule has 1 unspecified atom stereocenters. The SMILES string of the molecule is CC(CCS)CCN(C)CCS(C)(=O)=O. The molecule has 0 amide bonds. The van der Waals surface area contributed by atoms with Crippen molar-refractivity contribution in [3.63, 3.8) is 0 Å². The maximum Gasteiger partial charge on any atom is 0.148 e. The van der Waals surface area contributed by atoms with Crippen LogP contribution in [0.25, 0.3) is 0 Å². The van der Waals surface area contributed by atoms with Crippen LogP contribution >= 0.6 is 12.6 Å². The van der Waals surface area contributed by atoms with E-state index in [0.717, 1.165) is 25.1 Å². The van der Waals surface area contributed by atoms with Gasteiger partial charge < -0.3 is 4.90 Å². The van der Waals surface area contributed by atoms with Crippen molar-refractivity contribution in [2.75, 3.05) is 37.9 Å². The molecule has 0 rings (SSSR count). The van der Waals surface area contributed by atoms with E-state index in [0.29, 0.717) is 12.5 Å². The van der Waals surface area contributed by atoms with E-state index in [9.17, 15) is 8.42 Å². The molecule has 5 heteroatoms. The molecule has 0 aromatic rings. The highest BCUT2D eigenvalue weighted by Crippen LogP contribution is 2.08. The van der Waals surface area contributed by atoms with Gasteiger partial charge in [0.15, 0.2) is 0 Å². The zero-order valence-electron chi connectivity index (χ0n) is 9.94. The Hall–Kier alpha value is 0.260. The van der Waals surface area contributed by atoms with E-state index in [1.54, 1.807) is 0 Å². The van der Waals surface area contributed by atoms with Gasteiger partial charge in [0.2, 0.25) is 0 Å². The summed E-state index contributed by atoms with van der Waals surface area (Å²) >= 11 is 4.19. The van der Waals surface area contributed by atoms with Gasteiger partial charge in [-0.3, -0.25) is 0 Å². The summed E-state index contributed by atoms with van der Waals surface area (Å²) < 4.78 is 21.9. The first kappa shape index (κ1) is 15.3. The Balaban J connectivity index is 3.61. The Morgan fingerprint density at radius 1 is 1.27 bits per heavy atom. The molecule has 92 valence electrons. The van der Waals surface area contributed by atoms with Gasteiger partial charge in [0.1, 0.15) is 9.84 Å². The largest absolute Gasteiger partial charge is 0.305 e. The molecule has 0 aromatic heterocycles. The van der Waals surface area contributed by atoms with Gasteiger partial charge in [-0.05, 0) is 38.1 Å². The third-order valence-electron chi connectivity index (χ3n) is 2.47. The Morgan fingerprint density at radius 2 is 1.87 bits per heavy atom. The molecule has 0 N–H and O–H groups in total. The smallest absolute Gasteiger partial charge is 0.148 e. The summed E-state index contributed by atoms with van der Waals surface area (Å²) in [6, 6.07) is 0. The summed E-state index contributed by atoms with van der Waals surface area (Å²) in [7, 11) is -0.851. The Kier molecular flexibility index (Phi) is 7.65. The van der Waals surface area contributed by atoms with Gasteiger partial charge in [-0.25, -0.2) is 8.42 Å². The highest BCUT2D eigenvalue weighted by atomic mass is 32.2. The minimum absolute atomic E-state index is 0.254. The summed E-state index contributed by atoms with van der Waals surface area (Å²) in [6.45, 7) is 3.80. The molecule has 0 aliphatic heterocycles. The maximum atomic E-state index is 10.9. The molecule has 0 aliphatic carbocycles. The molecule has 0 spiro atoms. The molecule has 0 saturated heterocycles. The number of sulfone groups is 1. The summed E-state index contributed by atoms with van der Waals surface area (Å²) in [6.07, 6.45) is 3.52. The molecule has 3 nitrogen and oxygen atoms in total. The Bertz CT molecular complexity index is 252. The van der Waals surface area contributed by atoms with Crippen molar-refractivity contribution >= 4 is 22.5 Å². The average Bonchev–Trinajstić information content (AvgIpc) is 2.11. The van der Waals surface area contributed by atoms with Gasteiger partial charge in [-0.2, -0.15) is 12.6 Å². The lowest BCUT2D eigenvalue weighted by molar-refractivity contribution is 0.318. The van der Waals surface area contributed by atoms with Crippen molar-refractivity contribution in [1.82, 2.24) is 4.90 Å². The van der Waals surface area contributed by atoms with Crippen molar-refractivity contribution in [3.8, 4) is 0 Å². The lowest BCUT2D eigenvalue weighted by Gasteiger charge is -2.18. The van der Waals surface area contributed by atoms with Gasteiger partial charge >= 0.3 is 0 Å². The zero-order valence-corrected chi connectivity index (χ0v) is 11.7. The second-order valence-electron chi connectivity index (χ2n) is 4.34. The van der Waals surface area contributed by atoms with Gasteiger partial charge in [0.25, 0.3) is 0 Å². The predicted octanol–water partition coefficient (Wildman–Crippen LogP) is 1.31. The zero-order chi connectivity index (χ0) is 11.9. The standard InChI is InChI=1S/C10H23NO2S2/c1-10(5-8-14)4-6-11(2)7-9-15(3,12)13/h10,14H,4-9H2,1-3H3. The van der Waals surface area contributed by atoms with Crippen LogP contribution in [0.2, 0.25) is 0 Å². The molecule has 0 heterocycles. The highest BCUT2D eigenvalue weighted by Gasteiger charge is 2.07. The molecular weight excluding hydrogens is 230 g/mol. The number of rotatable bonds is 8. The van der Waals surface area contributed by atoms with E-state index < -0.39 is 9.84 Å². The lowest BCUT2D eigenvalue weighted by atomic mass is 10.1. The minimum atomic E-state index is -2.82. The number of hydrogen-bond acceptors (Lipinski definition) is 4. The molecule has 0 aliphatic rings. The Labute approximate surface area is 99.6 Å². The van der Waals surface area contributed by atoms with Gasteiger partial charge in [0.05, 0.1) is 5.75 Å². The molecule has 0 bridgehead atoms.